The van der Waals surface area contributed by atoms with Gasteiger partial charge in [0.25, 0.3) is 0 Å². The van der Waals surface area contributed by atoms with E-state index < -0.39 is 52.7 Å². The lowest BCUT2D eigenvalue weighted by atomic mass is 10.1. The van der Waals surface area contributed by atoms with Gasteiger partial charge in [-0.3, -0.25) is 9.48 Å². The van der Waals surface area contributed by atoms with Crippen LogP contribution in [0.2, 0.25) is 0 Å². The molecule has 0 bridgehead atoms. The largest absolute Gasteiger partial charge is 0.435 e. The van der Waals surface area contributed by atoms with E-state index in [-0.39, 0.29) is 18.5 Å². The summed E-state index contributed by atoms with van der Waals surface area (Å²) in [5.74, 6) is -9.18. The topological polar surface area (TPSA) is 46.9 Å². The van der Waals surface area contributed by atoms with Crippen molar-refractivity contribution in [2.45, 2.75) is 38.4 Å². The zero-order valence-corrected chi connectivity index (χ0v) is 14.4. The maximum absolute atomic E-state index is 13.7. The van der Waals surface area contributed by atoms with Gasteiger partial charge in [-0.1, -0.05) is 6.92 Å². The van der Waals surface area contributed by atoms with Gasteiger partial charge in [-0.2, -0.15) is 18.3 Å². The molecule has 1 atom stereocenters. The monoisotopic (exact) mass is 409 g/mol. The Morgan fingerprint density at radius 3 is 2.25 bits per heavy atom. The van der Waals surface area contributed by atoms with Gasteiger partial charge < -0.3 is 5.32 Å². The number of nitrogens with one attached hydrogen (secondary N) is 1. The summed E-state index contributed by atoms with van der Waals surface area (Å²) >= 11 is 0. The van der Waals surface area contributed by atoms with E-state index in [1.807, 2.05) is 0 Å². The number of halogens is 7. The average Bonchev–Trinajstić information content (AvgIpc) is 3.36. The standard InChI is InChI=1S/C17H14F7N3O/c1-7(16(28)25-15-13(20)9(18)4-10(19)14(15)21)6-27-11(8-2-3-8)5-12(26-27)17(22,23)24/h4-5,7-8H,2-3,6H2,1H3,(H,25,28). The van der Waals surface area contributed by atoms with Gasteiger partial charge in [0, 0.05) is 17.7 Å². The second-order valence-electron chi connectivity index (χ2n) is 6.64. The minimum absolute atomic E-state index is 0.00588. The predicted molar refractivity (Wildman–Crippen MR) is 83.3 cm³/mol. The highest BCUT2D eigenvalue weighted by Gasteiger charge is 2.38. The van der Waals surface area contributed by atoms with Crippen molar-refractivity contribution in [1.82, 2.24) is 9.78 Å². The predicted octanol–water partition coefficient (Wildman–Crippen LogP) is 4.61. The normalized spacial score (nSPS) is 15.6. The van der Waals surface area contributed by atoms with E-state index in [0.29, 0.717) is 18.5 Å². The fourth-order valence-electron chi connectivity index (χ4n) is 2.70. The lowest BCUT2D eigenvalue weighted by molar-refractivity contribution is -0.141. The maximum Gasteiger partial charge on any atom is 0.435 e. The SMILES string of the molecule is CC(Cn1nc(C(F)(F)F)cc1C1CC1)C(=O)Nc1c(F)c(F)cc(F)c1F. The summed E-state index contributed by atoms with van der Waals surface area (Å²) in [4.78, 5) is 12.2. The molecule has 2 aromatic rings. The van der Waals surface area contributed by atoms with E-state index in [9.17, 15) is 35.5 Å². The molecule has 152 valence electrons. The number of rotatable bonds is 5. The van der Waals surface area contributed by atoms with Gasteiger partial charge in [-0.25, -0.2) is 17.6 Å². The summed E-state index contributed by atoms with van der Waals surface area (Å²) in [5.41, 5.74) is -2.10. The van der Waals surface area contributed by atoms with Crippen LogP contribution in [0, 0.1) is 29.2 Å². The Bertz CT molecular complexity index is 892. The van der Waals surface area contributed by atoms with Crippen LogP contribution in [0.3, 0.4) is 0 Å². The van der Waals surface area contributed by atoms with Crippen LogP contribution in [0.1, 0.15) is 37.1 Å². The number of benzene rings is 1. The number of nitrogens with zero attached hydrogens (tertiary/aromatic N) is 2. The molecule has 1 N–H and O–H groups in total. The molecule has 1 fully saturated rings. The van der Waals surface area contributed by atoms with Gasteiger partial charge in [0.15, 0.2) is 29.0 Å². The Labute approximate surface area is 154 Å². The third-order valence-electron chi connectivity index (χ3n) is 4.35. The highest BCUT2D eigenvalue weighted by molar-refractivity contribution is 5.92. The summed E-state index contributed by atoms with van der Waals surface area (Å²) in [6, 6.07) is 0.900. The van der Waals surface area contributed by atoms with Crippen LogP contribution < -0.4 is 5.32 Å². The van der Waals surface area contributed by atoms with Crippen LogP contribution in [0.5, 0.6) is 0 Å². The van der Waals surface area contributed by atoms with Gasteiger partial charge in [0.1, 0.15) is 5.69 Å². The van der Waals surface area contributed by atoms with Crippen molar-refractivity contribution in [3.63, 3.8) is 0 Å². The molecule has 4 nitrogen and oxygen atoms in total. The van der Waals surface area contributed by atoms with Crippen LogP contribution in [0.25, 0.3) is 0 Å². The van der Waals surface area contributed by atoms with Crippen LogP contribution in [0.15, 0.2) is 12.1 Å². The number of amides is 1. The molecule has 1 unspecified atom stereocenters. The van der Waals surface area contributed by atoms with Gasteiger partial charge in [-0.05, 0) is 18.9 Å². The summed E-state index contributed by atoms with van der Waals surface area (Å²) in [7, 11) is 0. The molecule has 0 aliphatic heterocycles. The molecular formula is C17H14F7N3O. The van der Waals surface area contributed by atoms with Gasteiger partial charge in [0.05, 0.1) is 12.5 Å². The molecule has 1 heterocycles. The molecule has 0 saturated heterocycles. The summed E-state index contributed by atoms with van der Waals surface area (Å²) < 4.78 is 93.5. The van der Waals surface area contributed by atoms with E-state index >= 15 is 0 Å². The van der Waals surface area contributed by atoms with Crippen molar-refractivity contribution in [2.75, 3.05) is 5.32 Å². The van der Waals surface area contributed by atoms with E-state index in [1.54, 1.807) is 5.32 Å². The van der Waals surface area contributed by atoms with Gasteiger partial charge in [-0.15, -0.1) is 0 Å². The third kappa shape index (κ3) is 3.97. The number of aromatic nitrogens is 2. The number of alkyl halides is 3. The van der Waals surface area contributed by atoms with Gasteiger partial charge >= 0.3 is 6.18 Å². The van der Waals surface area contributed by atoms with Crippen molar-refractivity contribution in [3.8, 4) is 0 Å². The zero-order chi connectivity index (χ0) is 20.8. The third-order valence-corrected chi connectivity index (χ3v) is 4.35. The Morgan fingerprint density at radius 1 is 1.18 bits per heavy atom. The molecule has 1 aliphatic carbocycles. The first kappa shape index (κ1) is 20.2. The summed E-state index contributed by atoms with van der Waals surface area (Å²) in [5, 5.41) is 5.23. The van der Waals surface area contributed by atoms with E-state index in [0.717, 1.165) is 10.7 Å². The van der Waals surface area contributed by atoms with Crippen molar-refractivity contribution in [2.24, 2.45) is 5.92 Å². The second-order valence-corrected chi connectivity index (χ2v) is 6.64. The van der Waals surface area contributed by atoms with Crippen LogP contribution in [-0.2, 0) is 17.5 Å². The molecule has 0 radical (unpaired) electrons. The maximum atomic E-state index is 13.7. The Morgan fingerprint density at radius 2 is 1.75 bits per heavy atom. The van der Waals surface area contributed by atoms with Crippen LogP contribution in [0.4, 0.5) is 36.4 Å². The zero-order valence-electron chi connectivity index (χ0n) is 14.4. The van der Waals surface area contributed by atoms with Crippen LogP contribution >= 0.6 is 0 Å². The van der Waals surface area contributed by atoms with Gasteiger partial charge in [0.2, 0.25) is 5.91 Å². The van der Waals surface area contributed by atoms with Crippen LogP contribution in [-0.4, -0.2) is 15.7 Å². The van der Waals surface area contributed by atoms with E-state index in [1.165, 1.54) is 6.92 Å². The Balaban J connectivity index is 1.80. The highest BCUT2D eigenvalue weighted by Crippen LogP contribution is 2.42. The lowest BCUT2D eigenvalue weighted by Crippen LogP contribution is -2.27. The van der Waals surface area contributed by atoms with Crippen molar-refractivity contribution in [1.29, 1.82) is 0 Å². The lowest BCUT2D eigenvalue weighted by Gasteiger charge is -2.15. The molecule has 3 rings (SSSR count). The molecule has 1 aromatic carbocycles. The molecule has 1 aliphatic rings. The number of anilines is 1. The molecule has 0 spiro atoms. The first-order valence-electron chi connectivity index (χ1n) is 8.27. The Kier molecular flexibility index (Phi) is 5.11. The number of hydrogen-bond acceptors (Lipinski definition) is 2. The molecule has 1 saturated carbocycles. The number of carbonyl (C=O) groups excluding carboxylic acids is 1. The Hall–Kier alpha value is -2.59. The van der Waals surface area contributed by atoms with Crippen molar-refractivity contribution >= 4 is 11.6 Å². The second kappa shape index (κ2) is 7.10. The molecule has 11 heteroatoms. The van der Waals surface area contributed by atoms with E-state index in [2.05, 4.69) is 5.10 Å². The molecule has 28 heavy (non-hydrogen) atoms. The van der Waals surface area contributed by atoms with Crippen molar-refractivity contribution < 1.29 is 35.5 Å². The summed E-state index contributed by atoms with van der Waals surface area (Å²) in [6.45, 7) is 0.973. The molecular weight excluding hydrogens is 395 g/mol. The first-order chi connectivity index (χ1) is 13.0. The smallest absolute Gasteiger partial charge is 0.321 e. The fraction of sp³-hybridized carbons (Fsp3) is 0.412. The molecule has 1 amide bonds. The fourth-order valence-corrected chi connectivity index (χ4v) is 2.70. The number of carbonyl (C=O) groups is 1. The highest BCUT2D eigenvalue weighted by atomic mass is 19.4. The van der Waals surface area contributed by atoms with Crippen molar-refractivity contribution in [3.05, 3.63) is 46.8 Å². The molecule has 1 aromatic heterocycles. The minimum atomic E-state index is -4.66. The first-order valence-corrected chi connectivity index (χ1v) is 8.27. The average molecular weight is 409 g/mol. The van der Waals surface area contributed by atoms with E-state index in [4.69, 9.17) is 0 Å². The summed E-state index contributed by atoms with van der Waals surface area (Å²) in [6.07, 6.45) is -3.29. The quantitative estimate of drug-likeness (QED) is 0.579. The minimum Gasteiger partial charge on any atom is -0.321 e. The number of hydrogen-bond donors (Lipinski definition) is 1.